The number of likely N-dealkylation sites (N-methyl/N-ethyl adjacent to an activating group) is 1. The standard InChI is InChI=1S/C13H24ClN3O/c1-6-8-17-11(10(14)9-15-17)12(18)13(3,7-2)16(4)5/h9,12,18H,6-8H2,1-5H3. The summed E-state index contributed by atoms with van der Waals surface area (Å²) in [5.41, 5.74) is 0.367. The minimum Gasteiger partial charge on any atom is -0.385 e. The number of hydrogen-bond donors (Lipinski definition) is 1. The Kier molecular flexibility index (Phi) is 5.20. The molecule has 2 unspecified atom stereocenters. The Balaban J connectivity index is 3.16. The van der Waals surface area contributed by atoms with Gasteiger partial charge in [0, 0.05) is 12.1 Å². The molecule has 0 bridgehead atoms. The van der Waals surface area contributed by atoms with E-state index in [9.17, 15) is 5.11 Å². The summed E-state index contributed by atoms with van der Waals surface area (Å²) in [6.45, 7) is 6.96. The molecule has 1 aromatic rings. The van der Waals surface area contributed by atoms with E-state index in [2.05, 4.69) is 18.9 Å². The van der Waals surface area contributed by atoms with Crippen LogP contribution in [-0.4, -0.2) is 39.4 Å². The maximum absolute atomic E-state index is 10.7. The second-order valence-electron chi connectivity index (χ2n) is 5.11. The minimum atomic E-state index is -0.654. The largest absolute Gasteiger partial charge is 0.385 e. The van der Waals surface area contributed by atoms with Crippen LogP contribution >= 0.6 is 11.6 Å². The van der Waals surface area contributed by atoms with Gasteiger partial charge in [0.1, 0.15) is 6.10 Å². The third-order valence-electron chi connectivity index (χ3n) is 3.85. The molecule has 0 aliphatic carbocycles. The van der Waals surface area contributed by atoms with E-state index in [1.807, 2.05) is 30.6 Å². The Labute approximate surface area is 115 Å². The number of rotatable bonds is 6. The lowest BCUT2D eigenvalue weighted by molar-refractivity contribution is -0.00443. The number of halogens is 1. The lowest BCUT2D eigenvalue weighted by Crippen LogP contribution is -2.46. The first kappa shape index (κ1) is 15.5. The van der Waals surface area contributed by atoms with Gasteiger partial charge in [0.25, 0.3) is 0 Å². The SMILES string of the molecule is CCCn1ncc(Cl)c1C(O)C(C)(CC)N(C)C. The van der Waals surface area contributed by atoms with Crippen molar-refractivity contribution in [2.45, 2.75) is 51.8 Å². The van der Waals surface area contributed by atoms with Gasteiger partial charge in [-0.2, -0.15) is 5.10 Å². The molecule has 0 amide bonds. The molecule has 0 saturated heterocycles. The van der Waals surface area contributed by atoms with Crippen LogP contribution in [0.3, 0.4) is 0 Å². The molecule has 1 N–H and O–H groups in total. The number of nitrogens with zero attached hydrogens (tertiary/aromatic N) is 3. The summed E-state index contributed by atoms with van der Waals surface area (Å²) in [6.07, 6.45) is 2.75. The third kappa shape index (κ3) is 2.71. The van der Waals surface area contributed by atoms with Crippen molar-refractivity contribution in [3.63, 3.8) is 0 Å². The number of hydrogen-bond acceptors (Lipinski definition) is 3. The van der Waals surface area contributed by atoms with Gasteiger partial charge in [-0.3, -0.25) is 4.68 Å². The maximum Gasteiger partial charge on any atom is 0.115 e. The second-order valence-corrected chi connectivity index (χ2v) is 5.52. The van der Waals surface area contributed by atoms with E-state index < -0.39 is 6.10 Å². The van der Waals surface area contributed by atoms with E-state index in [1.54, 1.807) is 6.20 Å². The molecule has 2 atom stereocenters. The van der Waals surface area contributed by atoms with Gasteiger partial charge in [-0.05, 0) is 33.9 Å². The van der Waals surface area contributed by atoms with Crippen molar-refractivity contribution in [1.82, 2.24) is 14.7 Å². The second kappa shape index (κ2) is 6.04. The Hall–Kier alpha value is -0.580. The molecule has 18 heavy (non-hydrogen) atoms. The molecule has 0 aromatic carbocycles. The summed E-state index contributed by atoms with van der Waals surface area (Å²) in [5, 5.41) is 15.5. The quantitative estimate of drug-likeness (QED) is 0.866. The summed E-state index contributed by atoms with van der Waals surface area (Å²) in [6, 6.07) is 0. The van der Waals surface area contributed by atoms with Gasteiger partial charge in [0.2, 0.25) is 0 Å². The molecule has 104 valence electrons. The average Bonchev–Trinajstić information content (AvgIpc) is 2.68. The Morgan fingerprint density at radius 2 is 2.11 bits per heavy atom. The maximum atomic E-state index is 10.7. The predicted octanol–water partition coefficient (Wildman–Crippen LogP) is 2.71. The van der Waals surface area contributed by atoms with Crippen LogP contribution in [0.4, 0.5) is 0 Å². The van der Waals surface area contributed by atoms with Gasteiger partial charge < -0.3 is 10.0 Å². The molecule has 4 nitrogen and oxygen atoms in total. The molecule has 0 aliphatic rings. The van der Waals surface area contributed by atoms with Crippen molar-refractivity contribution in [3.05, 3.63) is 16.9 Å². The van der Waals surface area contributed by atoms with Crippen molar-refractivity contribution in [3.8, 4) is 0 Å². The van der Waals surface area contributed by atoms with Gasteiger partial charge >= 0.3 is 0 Å². The van der Waals surface area contributed by atoms with Gasteiger partial charge in [-0.15, -0.1) is 0 Å². The monoisotopic (exact) mass is 273 g/mol. The first-order valence-corrected chi connectivity index (χ1v) is 6.83. The first-order valence-electron chi connectivity index (χ1n) is 6.45. The van der Waals surface area contributed by atoms with Crippen LogP contribution in [0.1, 0.15) is 45.4 Å². The number of aliphatic hydroxyl groups is 1. The topological polar surface area (TPSA) is 41.3 Å². The van der Waals surface area contributed by atoms with Gasteiger partial charge in [-0.1, -0.05) is 25.4 Å². The van der Waals surface area contributed by atoms with Crippen LogP contribution in [0.15, 0.2) is 6.20 Å². The highest BCUT2D eigenvalue weighted by Gasteiger charge is 2.37. The molecular formula is C13H24ClN3O. The van der Waals surface area contributed by atoms with Crippen molar-refractivity contribution in [2.75, 3.05) is 14.1 Å². The lowest BCUT2D eigenvalue weighted by atomic mass is 9.88. The van der Waals surface area contributed by atoms with Gasteiger partial charge in [-0.25, -0.2) is 0 Å². The molecular weight excluding hydrogens is 250 g/mol. The van der Waals surface area contributed by atoms with Crippen LogP contribution in [-0.2, 0) is 6.54 Å². The number of aromatic nitrogens is 2. The third-order valence-corrected chi connectivity index (χ3v) is 4.15. The zero-order valence-electron chi connectivity index (χ0n) is 11.9. The molecule has 5 heteroatoms. The van der Waals surface area contributed by atoms with Crippen LogP contribution < -0.4 is 0 Å². The highest BCUT2D eigenvalue weighted by atomic mass is 35.5. The molecule has 0 spiro atoms. The molecule has 1 heterocycles. The highest BCUT2D eigenvalue weighted by molar-refractivity contribution is 6.31. The molecule has 0 fully saturated rings. The zero-order chi connectivity index (χ0) is 13.9. The van der Waals surface area contributed by atoms with Crippen LogP contribution in [0, 0.1) is 0 Å². The fourth-order valence-electron chi connectivity index (χ4n) is 2.08. The summed E-state index contributed by atoms with van der Waals surface area (Å²) in [5.74, 6) is 0. The van der Waals surface area contributed by atoms with Crippen molar-refractivity contribution in [2.24, 2.45) is 0 Å². The minimum absolute atomic E-state index is 0.352. The van der Waals surface area contributed by atoms with E-state index in [-0.39, 0.29) is 5.54 Å². The fraction of sp³-hybridized carbons (Fsp3) is 0.769. The summed E-state index contributed by atoms with van der Waals surface area (Å²) < 4.78 is 1.81. The molecule has 1 rings (SSSR count). The van der Waals surface area contributed by atoms with E-state index in [4.69, 9.17) is 11.6 Å². The number of aryl methyl sites for hydroxylation is 1. The summed E-state index contributed by atoms with van der Waals surface area (Å²) in [7, 11) is 3.95. The van der Waals surface area contributed by atoms with Crippen molar-refractivity contribution in [1.29, 1.82) is 0 Å². The van der Waals surface area contributed by atoms with Crippen LogP contribution in [0.25, 0.3) is 0 Å². The van der Waals surface area contributed by atoms with Crippen molar-refractivity contribution < 1.29 is 5.11 Å². The van der Waals surface area contributed by atoms with Crippen molar-refractivity contribution >= 4 is 11.6 Å². The van der Waals surface area contributed by atoms with Crippen LogP contribution in [0.5, 0.6) is 0 Å². The Morgan fingerprint density at radius 3 is 2.56 bits per heavy atom. The van der Waals surface area contributed by atoms with E-state index >= 15 is 0 Å². The van der Waals surface area contributed by atoms with E-state index in [1.165, 1.54) is 0 Å². The lowest BCUT2D eigenvalue weighted by Gasteiger charge is -2.40. The first-order chi connectivity index (χ1) is 8.38. The predicted molar refractivity (Wildman–Crippen MR) is 74.9 cm³/mol. The molecule has 0 aliphatic heterocycles. The van der Waals surface area contributed by atoms with Gasteiger partial charge in [0.05, 0.1) is 16.9 Å². The zero-order valence-corrected chi connectivity index (χ0v) is 12.7. The normalized spacial score (nSPS) is 16.9. The molecule has 1 aromatic heterocycles. The fourth-order valence-corrected chi connectivity index (χ4v) is 2.33. The smallest absolute Gasteiger partial charge is 0.115 e. The van der Waals surface area contributed by atoms with E-state index in [0.717, 1.165) is 25.1 Å². The van der Waals surface area contributed by atoms with Crippen LogP contribution in [0.2, 0.25) is 5.02 Å². The molecule has 0 radical (unpaired) electrons. The summed E-state index contributed by atoms with van der Waals surface area (Å²) >= 11 is 6.18. The summed E-state index contributed by atoms with van der Waals surface area (Å²) in [4.78, 5) is 2.04. The van der Waals surface area contributed by atoms with Gasteiger partial charge in [0.15, 0.2) is 0 Å². The highest BCUT2D eigenvalue weighted by Crippen LogP contribution is 2.35. The Morgan fingerprint density at radius 1 is 1.50 bits per heavy atom. The van der Waals surface area contributed by atoms with E-state index in [0.29, 0.717) is 5.02 Å². The number of aliphatic hydroxyl groups excluding tert-OH is 1. The Bertz CT molecular complexity index is 392. The molecule has 0 saturated carbocycles. The average molecular weight is 274 g/mol.